The third-order valence-corrected chi connectivity index (χ3v) is 3.88. The molecular weight excluding hydrogens is 300 g/mol. The molecule has 1 amide bonds. The average molecular weight is 318 g/mol. The molecule has 3 aromatic rings. The molecule has 0 aliphatic carbocycles. The molecule has 0 fully saturated rings. The minimum absolute atomic E-state index is 0.217. The molecule has 1 atom stereocenters. The van der Waals surface area contributed by atoms with Gasteiger partial charge in [0.2, 0.25) is 0 Å². The summed E-state index contributed by atoms with van der Waals surface area (Å²) in [6.07, 6.45) is 3.38. The van der Waals surface area contributed by atoms with Crippen molar-refractivity contribution in [1.29, 1.82) is 0 Å². The maximum Gasteiger partial charge on any atom is 0.254 e. The predicted octanol–water partition coefficient (Wildman–Crippen LogP) is 3.36. The van der Waals surface area contributed by atoms with Gasteiger partial charge >= 0.3 is 0 Å². The van der Waals surface area contributed by atoms with Crippen molar-refractivity contribution in [3.8, 4) is 0 Å². The number of ether oxygens (including phenoxy) is 1. The molecule has 1 N–H and O–H groups in total. The van der Waals surface area contributed by atoms with E-state index in [2.05, 4.69) is 10.3 Å². The van der Waals surface area contributed by atoms with Gasteiger partial charge in [-0.2, -0.15) is 0 Å². The molecule has 1 unspecified atom stereocenters. The van der Waals surface area contributed by atoms with Crippen LogP contribution >= 0.6 is 0 Å². The topological polar surface area (TPSA) is 51.2 Å². The zero-order valence-corrected chi connectivity index (χ0v) is 13.3. The number of benzene rings is 2. The molecule has 1 heterocycles. The smallest absolute Gasteiger partial charge is 0.254 e. The van der Waals surface area contributed by atoms with Crippen LogP contribution in [0.15, 0.2) is 85.2 Å². The second kappa shape index (κ2) is 7.06. The molecule has 0 saturated carbocycles. The SMILES string of the molecule is COC(NC(=O)c1ccccc1)(c1ccccc1)c1cccnc1. The Morgan fingerprint density at radius 3 is 2.12 bits per heavy atom. The summed E-state index contributed by atoms with van der Waals surface area (Å²) in [5, 5.41) is 3.03. The van der Waals surface area contributed by atoms with Crippen LogP contribution in [0.3, 0.4) is 0 Å². The molecule has 0 aliphatic heterocycles. The minimum Gasteiger partial charge on any atom is -0.351 e. The van der Waals surface area contributed by atoms with E-state index in [1.54, 1.807) is 31.6 Å². The van der Waals surface area contributed by atoms with Gasteiger partial charge in [0, 0.05) is 36.2 Å². The number of hydrogen-bond acceptors (Lipinski definition) is 3. The highest BCUT2D eigenvalue weighted by atomic mass is 16.5. The van der Waals surface area contributed by atoms with Crippen molar-refractivity contribution in [2.45, 2.75) is 5.72 Å². The lowest BCUT2D eigenvalue weighted by Gasteiger charge is -2.34. The van der Waals surface area contributed by atoms with Gasteiger partial charge in [-0.1, -0.05) is 54.6 Å². The fraction of sp³-hybridized carbons (Fsp3) is 0.100. The van der Waals surface area contributed by atoms with Crippen molar-refractivity contribution >= 4 is 5.91 Å². The van der Waals surface area contributed by atoms with Crippen molar-refractivity contribution in [2.75, 3.05) is 7.11 Å². The van der Waals surface area contributed by atoms with Crippen molar-refractivity contribution in [3.63, 3.8) is 0 Å². The zero-order valence-electron chi connectivity index (χ0n) is 13.3. The quantitative estimate of drug-likeness (QED) is 0.734. The summed E-state index contributed by atoms with van der Waals surface area (Å²) >= 11 is 0. The summed E-state index contributed by atoms with van der Waals surface area (Å²) in [7, 11) is 1.57. The number of nitrogens with one attached hydrogen (secondary N) is 1. The van der Waals surface area contributed by atoms with E-state index in [4.69, 9.17) is 4.74 Å². The molecule has 0 saturated heterocycles. The van der Waals surface area contributed by atoms with Crippen LogP contribution < -0.4 is 5.32 Å². The number of carbonyl (C=O) groups excluding carboxylic acids is 1. The van der Waals surface area contributed by atoms with E-state index in [9.17, 15) is 4.79 Å². The summed E-state index contributed by atoms with van der Waals surface area (Å²) in [5.74, 6) is -0.217. The Labute approximate surface area is 141 Å². The minimum atomic E-state index is -1.11. The summed E-state index contributed by atoms with van der Waals surface area (Å²) in [6.45, 7) is 0. The number of pyridine rings is 1. The van der Waals surface area contributed by atoms with Crippen molar-refractivity contribution < 1.29 is 9.53 Å². The highest BCUT2D eigenvalue weighted by molar-refractivity contribution is 5.94. The van der Waals surface area contributed by atoms with Crippen LogP contribution in [0.5, 0.6) is 0 Å². The molecule has 4 heteroatoms. The standard InChI is InChI=1S/C20H18N2O2/c1-24-20(17-11-6-3-7-12-17,18-13-8-14-21-15-18)22-19(23)16-9-4-2-5-10-16/h2-15H,1H3,(H,22,23). The van der Waals surface area contributed by atoms with Gasteiger partial charge in [-0.3, -0.25) is 9.78 Å². The van der Waals surface area contributed by atoms with Gasteiger partial charge in [-0.25, -0.2) is 0 Å². The van der Waals surface area contributed by atoms with Crippen molar-refractivity contribution in [2.24, 2.45) is 0 Å². The highest BCUT2D eigenvalue weighted by Gasteiger charge is 2.36. The monoisotopic (exact) mass is 318 g/mol. The Hall–Kier alpha value is -2.98. The summed E-state index contributed by atoms with van der Waals surface area (Å²) in [5.41, 5.74) is 1.04. The summed E-state index contributed by atoms with van der Waals surface area (Å²) in [4.78, 5) is 16.9. The van der Waals surface area contributed by atoms with Gasteiger partial charge in [0.05, 0.1) is 0 Å². The number of rotatable bonds is 5. The molecule has 2 aromatic carbocycles. The van der Waals surface area contributed by atoms with Crippen LogP contribution in [0.4, 0.5) is 0 Å². The van der Waals surface area contributed by atoms with Gasteiger partial charge < -0.3 is 10.1 Å². The molecular formula is C20H18N2O2. The molecule has 24 heavy (non-hydrogen) atoms. The van der Waals surface area contributed by atoms with Crippen molar-refractivity contribution in [1.82, 2.24) is 10.3 Å². The maximum absolute atomic E-state index is 12.8. The number of carbonyl (C=O) groups is 1. The third-order valence-electron chi connectivity index (χ3n) is 3.88. The molecule has 3 rings (SSSR count). The first-order valence-corrected chi connectivity index (χ1v) is 7.65. The average Bonchev–Trinajstić information content (AvgIpc) is 2.68. The van der Waals surface area contributed by atoms with E-state index in [-0.39, 0.29) is 5.91 Å². The van der Waals surface area contributed by atoms with E-state index >= 15 is 0 Å². The lowest BCUT2D eigenvalue weighted by molar-refractivity contribution is -0.00521. The molecule has 0 bridgehead atoms. The van der Waals surface area contributed by atoms with Gasteiger partial charge in [0.15, 0.2) is 5.72 Å². The first-order chi connectivity index (χ1) is 11.8. The fourth-order valence-electron chi connectivity index (χ4n) is 2.66. The van der Waals surface area contributed by atoms with Gasteiger partial charge in [0.25, 0.3) is 5.91 Å². The molecule has 120 valence electrons. The molecule has 1 aromatic heterocycles. The Kier molecular flexibility index (Phi) is 4.68. The third kappa shape index (κ3) is 3.05. The normalized spacial score (nSPS) is 13.0. The van der Waals surface area contributed by atoms with Gasteiger partial charge in [-0.05, 0) is 18.2 Å². The van der Waals surface area contributed by atoms with E-state index in [0.717, 1.165) is 11.1 Å². The number of hydrogen-bond donors (Lipinski definition) is 1. The predicted molar refractivity (Wildman–Crippen MR) is 92.4 cm³/mol. The summed E-state index contributed by atoms with van der Waals surface area (Å²) < 4.78 is 5.83. The molecule has 4 nitrogen and oxygen atoms in total. The zero-order chi connectivity index (χ0) is 16.8. The first-order valence-electron chi connectivity index (χ1n) is 7.65. The van der Waals surface area contributed by atoms with Gasteiger partial charge in [0.1, 0.15) is 0 Å². The second-order valence-corrected chi connectivity index (χ2v) is 5.31. The number of nitrogens with zero attached hydrogens (tertiary/aromatic N) is 1. The van der Waals surface area contributed by atoms with E-state index in [1.165, 1.54) is 0 Å². The lowest BCUT2D eigenvalue weighted by atomic mass is 9.94. The van der Waals surface area contributed by atoms with Crippen LogP contribution in [0.2, 0.25) is 0 Å². The number of methoxy groups -OCH3 is 1. The van der Waals surface area contributed by atoms with E-state index in [1.807, 2.05) is 60.7 Å². The Balaban J connectivity index is 2.07. The Bertz CT molecular complexity index is 750. The van der Waals surface area contributed by atoms with Crippen LogP contribution in [0.25, 0.3) is 0 Å². The molecule has 0 radical (unpaired) electrons. The van der Waals surface area contributed by atoms with Crippen LogP contribution in [0.1, 0.15) is 21.5 Å². The summed E-state index contributed by atoms with van der Waals surface area (Å²) in [6, 6.07) is 22.4. The lowest BCUT2D eigenvalue weighted by Crippen LogP contribution is -2.48. The number of aromatic nitrogens is 1. The first kappa shape index (κ1) is 15.9. The van der Waals surface area contributed by atoms with Crippen LogP contribution in [-0.4, -0.2) is 18.0 Å². The van der Waals surface area contributed by atoms with Gasteiger partial charge in [-0.15, -0.1) is 0 Å². The fourth-order valence-corrected chi connectivity index (χ4v) is 2.66. The molecule has 0 spiro atoms. The largest absolute Gasteiger partial charge is 0.351 e. The Morgan fingerprint density at radius 1 is 0.917 bits per heavy atom. The molecule has 0 aliphatic rings. The van der Waals surface area contributed by atoms with E-state index in [0.29, 0.717) is 5.56 Å². The Morgan fingerprint density at radius 2 is 1.54 bits per heavy atom. The maximum atomic E-state index is 12.8. The highest BCUT2D eigenvalue weighted by Crippen LogP contribution is 2.30. The van der Waals surface area contributed by atoms with Crippen LogP contribution in [-0.2, 0) is 10.5 Å². The second-order valence-electron chi connectivity index (χ2n) is 5.31. The van der Waals surface area contributed by atoms with Crippen molar-refractivity contribution in [3.05, 3.63) is 102 Å². The van der Waals surface area contributed by atoms with E-state index < -0.39 is 5.72 Å². The van der Waals surface area contributed by atoms with Crippen LogP contribution in [0, 0.1) is 0 Å². The number of amides is 1.